The molecule has 1 atom stereocenters. The van der Waals surface area contributed by atoms with Crippen LogP contribution in [0, 0.1) is 5.92 Å². The minimum absolute atomic E-state index is 0.0592. The van der Waals surface area contributed by atoms with Gasteiger partial charge in [0.1, 0.15) is 0 Å². The summed E-state index contributed by atoms with van der Waals surface area (Å²) in [5.74, 6) is -0.286. The molecule has 0 spiro atoms. The number of likely N-dealkylation sites (N-methyl/N-ethyl adjacent to an activating group) is 1. The molecule has 0 unspecified atom stereocenters. The van der Waals surface area contributed by atoms with Crippen molar-refractivity contribution < 1.29 is 9.59 Å². The summed E-state index contributed by atoms with van der Waals surface area (Å²) in [6.07, 6.45) is 3.89. The highest BCUT2D eigenvalue weighted by molar-refractivity contribution is 5.89. The molecule has 1 aliphatic rings. The Morgan fingerprint density at radius 2 is 2.12 bits per heavy atom. The fourth-order valence-electron chi connectivity index (χ4n) is 3.11. The van der Waals surface area contributed by atoms with Gasteiger partial charge in [0.2, 0.25) is 11.8 Å². The highest BCUT2D eigenvalue weighted by atomic mass is 16.2. The first-order chi connectivity index (χ1) is 12.5. The number of amides is 2. The summed E-state index contributed by atoms with van der Waals surface area (Å²) < 4.78 is 1.78. The minimum Gasteiger partial charge on any atom is -0.352 e. The predicted octanol–water partition coefficient (Wildman–Crippen LogP) is 0.899. The highest BCUT2D eigenvalue weighted by Crippen LogP contribution is 2.18. The number of nitrogens with one attached hydrogen (secondary N) is 1. The molecular weight excluding hydrogens is 330 g/mol. The van der Waals surface area contributed by atoms with Crippen LogP contribution in [0.25, 0.3) is 5.69 Å². The molecule has 2 heterocycles. The standard InChI is InChI=1S/C19H25N5O2/c1-22(2)10-11-23-14-16(12-18(23)25)19(26)20-13-15-6-3-4-7-17(15)24-9-5-8-21-24/h3-9,16H,10-14H2,1-2H3,(H,20,26)/t16-/m0/s1. The number of nitrogens with zero attached hydrogens (tertiary/aromatic N) is 4. The van der Waals surface area contributed by atoms with Crippen molar-refractivity contribution in [2.75, 3.05) is 33.7 Å². The first kappa shape index (κ1) is 18.1. The van der Waals surface area contributed by atoms with Gasteiger partial charge in [-0.2, -0.15) is 5.10 Å². The molecule has 1 aromatic carbocycles. The molecule has 2 aromatic rings. The van der Waals surface area contributed by atoms with E-state index in [1.54, 1.807) is 15.8 Å². The van der Waals surface area contributed by atoms with Crippen molar-refractivity contribution in [1.29, 1.82) is 0 Å². The van der Waals surface area contributed by atoms with Crippen LogP contribution >= 0.6 is 0 Å². The molecule has 1 N–H and O–H groups in total. The van der Waals surface area contributed by atoms with E-state index in [1.165, 1.54) is 0 Å². The molecule has 2 amide bonds. The van der Waals surface area contributed by atoms with E-state index in [0.29, 0.717) is 26.1 Å². The number of hydrogen-bond acceptors (Lipinski definition) is 4. The summed E-state index contributed by atoms with van der Waals surface area (Å²) in [6, 6.07) is 9.69. The number of para-hydroxylation sites is 1. The second-order valence-corrected chi connectivity index (χ2v) is 6.84. The summed E-state index contributed by atoms with van der Waals surface area (Å²) in [4.78, 5) is 28.4. The van der Waals surface area contributed by atoms with Crippen LogP contribution in [0.1, 0.15) is 12.0 Å². The molecular formula is C19H25N5O2. The van der Waals surface area contributed by atoms with E-state index >= 15 is 0 Å². The molecule has 1 aliphatic heterocycles. The minimum atomic E-state index is -0.276. The molecule has 0 radical (unpaired) electrons. The van der Waals surface area contributed by atoms with Gasteiger partial charge in [0.05, 0.1) is 11.6 Å². The third kappa shape index (κ3) is 4.29. The van der Waals surface area contributed by atoms with Crippen molar-refractivity contribution in [1.82, 2.24) is 24.9 Å². The Kier molecular flexibility index (Phi) is 5.68. The third-order valence-electron chi connectivity index (χ3n) is 4.60. The monoisotopic (exact) mass is 355 g/mol. The first-order valence-electron chi connectivity index (χ1n) is 8.82. The molecule has 26 heavy (non-hydrogen) atoms. The van der Waals surface area contributed by atoms with Crippen LogP contribution in [0.3, 0.4) is 0 Å². The topological polar surface area (TPSA) is 70.5 Å². The summed E-state index contributed by atoms with van der Waals surface area (Å²) in [6.45, 7) is 2.38. The Hall–Kier alpha value is -2.67. The Bertz CT molecular complexity index is 757. The van der Waals surface area contributed by atoms with Gasteiger partial charge in [-0.25, -0.2) is 4.68 Å². The van der Waals surface area contributed by atoms with E-state index in [-0.39, 0.29) is 17.7 Å². The van der Waals surface area contributed by atoms with E-state index in [4.69, 9.17) is 0 Å². The van der Waals surface area contributed by atoms with Gasteiger partial charge in [0, 0.05) is 45.0 Å². The van der Waals surface area contributed by atoms with E-state index in [1.807, 2.05) is 55.5 Å². The lowest BCUT2D eigenvalue weighted by Crippen LogP contribution is -2.35. The Balaban J connectivity index is 1.58. The molecule has 1 fully saturated rings. The molecule has 0 bridgehead atoms. The van der Waals surface area contributed by atoms with E-state index in [2.05, 4.69) is 10.4 Å². The summed E-state index contributed by atoms with van der Waals surface area (Å²) >= 11 is 0. The van der Waals surface area contributed by atoms with Gasteiger partial charge in [0.15, 0.2) is 0 Å². The predicted molar refractivity (Wildman–Crippen MR) is 98.7 cm³/mol. The maximum Gasteiger partial charge on any atom is 0.225 e. The van der Waals surface area contributed by atoms with Gasteiger partial charge in [-0.1, -0.05) is 18.2 Å². The number of benzene rings is 1. The van der Waals surface area contributed by atoms with E-state index in [9.17, 15) is 9.59 Å². The van der Waals surface area contributed by atoms with Crippen molar-refractivity contribution in [3.8, 4) is 5.69 Å². The number of hydrogen-bond donors (Lipinski definition) is 1. The molecule has 7 nitrogen and oxygen atoms in total. The molecule has 1 aromatic heterocycles. The SMILES string of the molecule is CN(C)CCN1C[C@@H](C(=O)NCc2ccccc2-n2cccn2)CC1=O. The van der Waals surface area contributed by atoms with Gasteiger partial charge in [-0.3, -0.25) is 9.59 Å². The van der Waals surface area contributed by atoms with Crippen molar-refractivity contribution in [3.05, 3.63) is 48.3 Å². The zero-order valence-corrected chi connectivity index (χ0v) is 15.3. The maximum absolute atomic E-state index is 12.5. The van der Waals surface area contributed by atoms with Crippen LogP contribution in [0.4, 0.5) is 0 Å². The van der Waals surface area contributed by atoms with Crippen LogP contribution in [0.15, 0.2) is 42.7 Å². The molecule has 138 valence electrons. The second kappa shape index (κ2) is 8.14. The van der Waals surface area contributed by atoms with Crippen molar-refractivity contribution in [2.45, 2.75) is 13.0 Å². The average molecular weight is 355 g/mol. The van der Waals surface area contributed by atoms with Crippen molar-refractivity contribution in [2.24, 2.45) is 5.92 Å². The first-order valence-corrected chi connectivity index (χ1v) is 8.82. The smallest absolute Gasteiger partial charge is 0.225 e. The summed E-state index contributed by atoms with van der Waals surface area (Å²) in [7, 11) is 3.95. The zero-order chi connectivity index (χ0) is 18.5. The molecule has 1 saturated heterocycles. The third-order valence-corrected chi connectivity index (χ3v) is 4.60. The number of aromatic nitrogens is 2. The Labute approximate surface area is 153 Å². The summed E-state index contributed by atoms with van der Waals surface area (Å²) in [5, 5.41) is 7.23. The second-order valence-electron chi connectivity index (χ2n) is 6.84. The van der Waals surface area contributed by atoms with E-state index < -0.39 is 0 Å². The number of rotatable bonds is 7. The highest BCUT2D eigenvalue weighted by Gasteiger charge is 2.33. The van der Waals surface area contributed by atoms with Crippen LogP contribution in [-0.4, -0.2) is 65.1 Å². The maximum atomic E-state index is 12.5. The van der Waals surface area contributed by atoms with E-state index in [0.717, 1.165) is 17.8 Å². The zero-order valence-electron chi connectivity index (χ0n) is 15.3. The largest absolute Gasteiger partial charge is 0.352 e. The quantitative estimate of drug-likeness (QED) is 0.801. The number of carbonyl (C=O) groups excluding carboxylic acids is 2. The van der Waals surface area contributed by atoms with Gasteiger partial charge in [-0.05, 0) is 31.8 Å². The normalized spacial score (nSPS) is 17.1. The number of carbonyl (C=O) groups is 2. The fraction of sp³-hybridized carbons (Fsp3) is 0.421. The molecule has 7 heteroatoms. The van der Waals surface area contributed by atoms with Gasteiger partial charge < -0.3 is 15.1 Å². The Morgan fingerprint density at radius 1 is 1.31 bits per heavy atom. The van der Waals surface area contributed by atoms with Crippen LogP contribution in [0.2, 0.25) is 0 Å². The van der Waals surface area contributed by atoms with Crippen LogP contribution in [0.5, 0.6) is 0 Å². The number of likely N-dealkylation sites (tertiary alicyclic amines) is 1. The van der Waals surface area contributed by atoms with Crippen molar-refractivity contribution in [3.63, 3.8) is 0 Å². The van der Waals surface area contributed by atoms with Crippen LogP contribution in [-0.2, 0) is 16.1 Å². The molecule has 3 rings (SSSR count). The van der Waals surface area contributed by atoms with Crippen LogP contribution < -0.4 is 5.32 Å². The van der Waals surface area contributed by atoms with Gasteiger partial charge in [0.25, 0.3) is 0 Å². The van der Waals surface area contributed by atoms with Gasteiger partial charge in [-0.15, -0.1) is 0 Å². The lowest BCUT2D eigenvalue weighted by atomic mass is 10.1. The van der Waals surface area contributed by atoms with Crippen molar-refractivity contribution >= 4 is 11.8 Å². The van der Waals surface area contributed by atoms with Gasteiger partial charge >= 0.3 is 0 Å². The lowest BCUT2D eigenvalue weighted by molar-refractivity contribution is -0.129. The lowest BCUT2D eigenvalue weighted by Gasteiger charge is -2.19. The average Bonchev–Trinajstić information content (AvgIpc) is 3.28. The summed E-state index contributed by atoms with van der Waals surface area (Å²) in [5.41, 5.74) is 1.92. The molecule has 0 aliphatic carbocycles. The Morgan fingerprint density at radius 3 is 2.85 bits per heavy atom. The fourth-order valence-corrected chi connectivity index (χ4v) is 3.11. The molecule has 0 saturated carbocycles.